The molecule has 2 aromatic heterocycles. The number of likely N-dealkylation sites (tertiary alicyclic amines) is 1. The lowest BCUT2D eigenvalue weighted by atomic mass is 9.73. The molecular formula is C25H30ClN3O3S2. The Kier molecular flexibility index (Phi) is 8.71. The molecule has 1 aromatic carbocycles. The number of ether oxygens (including phenoxy) is 1. The summed E-state index contributed by atoms with van der Waals surface area (Å²) >= 11 is 10.1. The summed E-state index contributed by atoms with van der Waals surface area (Å²) < 4.78 is 5.38. The average Bonchev–Trinajstić information content (AvgIpc) is 3.39. The number of methoxy groups -OCH3 is 1. The molecule has 0 atom stereocenters. The molecule has 6 nitrogen and oxygen atoms in total. The van der Waals surface area contributed by atoms with Gasteiger partial charge in [-0.1, -0.05) is 11.6 Å². The molecule has 1 aliphatic rings. The number of thiophene rings is 1. The van der Waals surface area contributed by atoms with Crippen LogP contribution in [0.5, 0.6) is 5.75 Å². The lowest BCUT2D eigenvalue weighted by Crippen LogP contribution is -2.48. The summed E-state index contributed by atoms with van der Waals surface area (Å²) in [5.41, 5.74) is 3.28. The molecule has 182 valence electrons. The van der Waals surface area contributed by atoms with Gasteiger partial charge in [-0.15, -0.1) is 11.8 Å². The Morgan fingerprint density at radius 1 is 1.35 bits per heavy atom. The molecule has 1 saturated heterocycles. The first-order chi connectivity index (χ1) is 16.5. The lowest BCUT2D eigenvalue weighted by Gasteiger charge is -2.40. The number of carbonyl (C=O) groups is 1. The van der Waals surface area contributed by atoms with Crippen LogP contribution < -0.4 is 10.2 Å². The Balaban J connectivity index is 1.37. The summed E-state index contributed by atoms with van der Waals surface area (Å²) in [6, 6.07) is 7.93. The quantitative estimate of drug-likeness (QED) is 0.204. The smallest absolute Gasteiger partial charge is 0.249 e. The van der Waals surface area contributed by atoms with Crippen molar-refractivity contribution in [3.8, 4) is 5.75 Å². The highest BCUT2D eigenvalue weighted by molar-refractivity contribution is 7.99. The van der Waals surface area contributed by atoms with Crippen molar-refractivity contribution in [1.82, 2.24) is 15.4 Å². The summed E-state index contributed by atoms with van der Waals surface area (Å²) in [6.45, 7) is 2.71. The summed E-state index contributed by atoms with van der Waals surface area (Å²) in [6.07, 6.45) is 5.38. The highest BCUT2D eigenvalue weighted by Gasteiger charge is 2.40. The number of aromatic nitrogens is 1. The number of pyridine rings is 1. The van der Waals surface area contributed by atoms with Crippen molar-refractivity contribution in [1.29, 1.82) is 0 Å². The van der Waals surface area contributed by atoms with Crippen molar-refractivity contribution < 1.29 is 14.7 Å². The standard InChI is InChI=1S/C25H30ClN3O3S2/c1-32-18-4-5-23-21(15-18)20(22(26)16-27-23)3-2-7-25(24(30)28-31)8-10-29(11-9-25)12-14-34-19-6-13-33-17-19/h4-6,13,15-17,31H,2-3,7-12,14H2,1H3,(H,28,30). The Morgan fingerprint density at radius 2 is 2.18 bits per heavy atom. The monoisotopic (exact) mass is 519 g/mol. The Morgan fingerprint density at radius 3 is 2.88 bits per heavy atom. The van der Waals surface area contributed by atoms with E-state index in [2.05, 4.69) is 26.7 Å². The zero-order chi connectivity index (χ0) is 24.0. The number of nitrogens with zero attached hydrogens (tertiary/aromatic N) is 2. The molecule has 4 rings (SSSR count). The van der Waals surface area contributed by atoms with Crippen molar-refractivity contribution in [3.63, 3.8) is 0 Å². The fraction of sp³-hybridized carbons (Fsp3) is 0.440. The molecular weight excluding hydrogens is 490 g/mol. The van der Waals surface area contributed by atoms with Gasteiger partial charge < -0.3 is 9.64 Å². The number of benzene rings is 1. The zero-order valence-corrected chi connectivity index (χ0v) is 21.6. The van der Waals surface area contributed by atoms with E-state index in [0.29, 0.717) is 11.4 Å². The van der Waals surface area contributed by atoms with Crippen LogP contribution in [-0.4, -0.2) is 53.5 Å². The minimum Gasteiger partial charge on any atom is -0.497 e. The SMILES string of the molecule is COc1ccc2ncc(Cl)c(CCCC3(C(=O)NO)CCN(CCSc4ccsc4)CC3)c2c1. The number of fused-ring (bicyclic) bond motifs is 1. The molecule has 9 heteroatoms. The molecule has 1 aliphatic heterocycles. The molecule has 0 radical (unpaired) electrons. The fourth-order valence-corrected chi connectivity index (χ4v) is 6.76. The summed E-state index contributed by atoms with van der Waals surface area (Å²) in [7, 11) is 1.64. The number of hydrogen-bond acceptors (Lipinski definition) is 7. The number of amides is 1. The molecule has 3 aromatic rings. The number of aryl methyl sites for hydroxylation is 1. The van der Waals surface area contributed by atoms with Gasteiger partial charge in [-0.2, -0.15) is 11.3 Å². The van der Waals surface area contributed by atoms with Crippen LogP contribution in [0.1, 0.15) is 31.2 Å². The predicted molar refractivity (Wildman–Crippen MR) is 139 cm³/mol. The van der Waals surface area contributed by atoms with Gasteiger partial charge in [0.1, 0.15) is 5.75 Å². The van der Waals surface area contributed by atoms with E-state index in [4.69, 9.17) is 16.3 Å². The largest absolute Gasteiger partial charge is 0.497 e. The molecule has 2 N–H and O–H groups in total. The summed E-state index contributed by atoms with van der Waals surface area (Å²) in [4.78, 5) is 20.9. The second-order valence-electron chi connectivity index (χ2n) is 8.69. The van der Waals surface area contributed by atoms with Gasteiger partial charge >= 0.3 is 0 Å². The number of piperidine rings is 1. The number of halogens is 1. The summed E-state index contributed by atoms with van der Waals surface area (Å²) in [5, 5.41) is 15.3. The third-order valence-electron chi connectivity index (χ3n) is 6.78. The second kappa shape index (κ2) is 11.7. The van der Waals surface area contributed by atoms with Crippen molar-refractivity contribution in [2.45, 2.75) is 37.0 Å². The maximum atomic E-state index is 12.7. The molecule has 34 heavy (non-hydrogen) atoms. The molecule has 1 fully saturated rings. The molecule has 0 aliphatic carbocycles. The highest BCUT2D eigenvalue weighted by Crippen LogP contribution is 2.38. The van der Waals surface area contributed by atoms with Gasteiger partial charge in [0.25, 0.3) is 0 Å². The van der Waals surface area contributed by atoms with Gasteiger partial charge in [0.2, 0.25) is 5.91 Å². The number of rotatable bonds is 10. The van der Waals surface area contributed by atoms with E-state index in [1.165, 1.54) is 4.90 Å². The zero-order valence-electron chi connectivity index (χ0n) is 19.3. The first kappa shape index (κ1) is 25.3. The number of thioether (sulfide) groups is 1. The van der Waals surface area contributed by atoms with Crippen LogP contribution in [0.4, 0.5) is 0 Å². The normalized spacial score (nSPS) is 16.0. The van der Waals surface area contributed by atoms with E-state index in [9.17, 15) is 10.0 Å². The Bertz CT molecular complexity index is 1100. The minimum atomic E-state index is -0.557. The van der Waals surface area contributed by atoms with E-state index < -0.39 is 5.41 Å². The highest BCUT2D eigenvalue weighted by atomic mass is 35.5. The van der Waals surface area contributed by atoms with Crippen LogP contribution in [0.2, 0.25) is 5.02 Å². The van der Waals surface area contributed by atoms with Gasteiger partial charge in [0, 0.05) is 34.2 Å². The van der Waals surface area contributed by atoms with E-state index in [0.717, 1.165) is 73.3 Å². The van der Waals surface area contributed by atoms with Gasteiger partial charge in [-0.25, -0.2) is 5.48 Å². The maximum absolute atomic E-state index is 12.7. The lowest BCUT2D eigenvalue weighted by molar-refractivity contribution is -0.143. The summed E-state index contributed by atoms with van der Waals surface area (Å²) in [5.74, 6) is 1.53. The first-order valence-electron chi connectivity index (χ1n) is 11.5. The third kappa shape index (κ3) is 5.86. The molecule has 1 amide bonds. The van der Waals surface area contributed by atoms with Gasteiger partial charge in [-0.3, -0.25) is 15.0 Å². The second-order valence-corrected chi connectivity index (χ2v) is 11.0. The molecule has 0 spiro atoms. The topological polar surface area (TPSA) is 74.7 Å². The van der Waals surface area contributed by atoms with Gasteiger partial charge in [-0.05, 0) is 80.4 Å². The van der Waals surface area contributed by atoms with E-state index in [-0.39, 0.29) is 5.91 Å². The van der Waals surface area contributed by atoms with Crippen LogP contribution >= 0.6 is 34.7 Å². The number of hydroxylamine groups is 1. The fourth-order valence-electron chi connectivity index (χ4n) is 4.73. The van der Waals surface area contributed by atoms with Gasteiger partial charge in [0.05, 0.1) is 23.1 Å². The van der Waals surface area contributed by atoms with Crippen LogP contribution in [0.15, 0.2) is 46.1 Å². The Labute approximate surface area is 213 Å². The third-order valence-corrected chi connectivity index (χ3v) is 8.92. The Hall–Kier alpha value is -1.84. The van der Waals surface area contributed by atoms with Crippen LogP contribution in [0.25, 0.3) is 10.9 Å². The van der Waals surface area contributed by atoms with Gasteiger partial charge in [0.15, 0.2) is 0 Å². The molecule has 0 bridgehead atoms. The first-order valence-corrected chi connectivity index (χ1v) is 13.8. The molecule has 0 unspecified atom stereocenters. The average molecular weight is 520 g/mol. The molecule has 0 saturated carbocycles. The maximum Gasteiger partial charge on any atom is 0.249 e. The molecule has 3 heterocycles. The van der Waals surface area contributed by atoms with Crippen molar-refractivity contribution in [3.05, 3.63) is 51.8 Å². The van der Waals surface area contributed by atoms with Crippen LogP contribution in [0, 0.1) is 5.41 Å². The predicted octanol–water partition coefficient (Wildman–Crippen LogP) is 5.66. The van der Waals surface area contributed by atoms with Crippen molar-refractivity contribution >= 4 is 51.5 Å². The number of carbonyl (C=O) groups excluding carboxylic acids is 1. The van der Waals surface area contributed by atoms with Crippen LogP contribution in [0.3, 0.4) is 0 Å². The van der Waals surface area contributed by atoms with E-state index in [1.54, 1.807) is 24.6 Å². The van der Waals surface area contributed by atoms with E-state index in [1.807, 2.05) is 35.4 Å². The number of hydrogen-bond donors (Lipinski definition) is 2. The van der Waals surface area contributed by atoms with Crippen molar-refractivity contribution in [2.24, 2.45) is 5.41 Å². The minimum absolute atomic E-state index is 0.271. The van der Waals surface area contributed by atoms with Crippen molar-refractivity contribution in [2.75, 3.05) is 32.5 Å². The number of nitrogens with one attached hydrogen (secondary N) is 1. The van der Waals surface area contributed by atoms with E-state index >= 15 is 0 Å². The van der Waals surface area contributed by atoms with Crippen LogP contribution in [-0.2, 0) is 11.2 Å².